The van der Waals surface area contributed by atoms with Crippen molar-refractivity contribution < 1.29 is 14.3 Å². The number of nitrogens with one attached hydrogen (secondary N) is 1. The lowest BCUT2D eigenvalue weighted by molar-refractivity contribution is 0.0955. The summed E-state index contributed by atoms with van der Waals surface area (Å²) in [5, 5.41) is 2.95. The molecule has 1 aromatic carbocycles. The molecule has 0 bridgehead atoms. The normalized spacial score (nSPS) is 10.8. The molecular weight excluding hydrogens is 388 g/mol. The Kier molecular flexibility index (Phi) is 5.91. The van der Waals surface area contributed by atoms with E-state index in [1.54, 1.807) is 33.3 Å². The van der Waals surface area contributed by atoms with Crippen LogP contribution >= 0.6 is 0 Å². The fourth-order valence-electron chi connectivity index (χ4n) is 3.32. The second-order valence-electron chi connectivity index (χ2n) is 6.90. The van der Waals surface area contributed by atoms with Crippen LogP contribution in [0.2, 0.25) is 0 Å². The Morgan fingerprint density at radius 3 is 2.50 bits per heavy atom. The van der Waals surface area contributed by atoms with Crippen LogP contribution in [0.3, 0.4) is 0 Å². The number of hydrogen-bond acceptors (Lipinski definition) is 6. The Morgan fingerprint density at radius 2 is 1.83 bits per heavy atom. The first kappa shape index (κ1) is 21.1. The molecule has 0 saturated heterocycles. The van der Waals surface area contributed by atoms with Gasteiger partial charge in [-0.15, -0.1) is 0 Å². The molecule has 3 aromatic rings. The van der Waals surface area contributed by atoms with E-state index in [1.807, 2.05) is 12.1 Å². The lowest BCUT2D eigenvalue weighted by Crippen LogP contribution is -2.39. The highest BCUT2D eigenvalue weighted by molar-refractivity contribution is 6.05. The molecule has 0 atom stereocenters. The minimum Gasteiger partial charge on any atom is -0.497 e. The van der Waals surface area contributed by atoms with Crippen molar-refractivity contribution in [3.05, 3.63) is 61.9 Å². The van der Waals surface area contributed by atoms with Crippen LogP contribution in [-0.4, -0.2) is 40.8 Å². The van der Waals surface area contributed by atoms with Gasteiger partial charge in [0.1, 0.15) is 17.1 Å². The largest absolute Gasteiger partial charge is 0.497 e. The highest BCUT2D eigenvalue weighted by Crippen LogP contribution is 2.24. The monoisotopic (exact) mass is 412 g/mol. The van der Waals surface area contributed by atoms with E-state index in [-0.39, 0.29) is 16.6 Å². The summed E-state index contributed by atoms with van der Waals surface area (Å²) in [6, 6.07) is 7.03. The van der Waals surface area contributed by atoms with E-state index in [1.165, 1.54) is 18.7 Å². The molecule has 0 aliphatic heterocycles. The molecule has 0 saturated carbocycles. The Labute approximate surface area is 172 Å². The maximum Gasteiger partial charge on any atom is 0.332 e. The second kappa shape index (κ2) is 8.40. The van der Waals surface area contributed by atoms with Crippen LogP contribution in [0.15, 0.2) is 33.9 Å². The molecule has 2 aromatic heterocycles. The SMILES string of the molecule is COc1ccc(CCNC(=O)c2cc(C)nc3c2c(=O)n(C)c(=O)n3C)c(OC)c1. The van der Waals surface area contributed by atoms with Gasteiger partial charge in [-0.1, -0.05) is 6.07 Å². The number of methoxy groups -OCH3 is 2. The van der Waals surface area contributed by atoms with Crippen molar-refractivity contribution in [2.75, 3.05) is 20.8 Å². The van der Waals surface area contributed by atoms with Crippen molar-refractivity contribution >= 4 is 16.9 Å². The Balaban J connectivity index is 1.90. The molecule has 9 nitrogen and oxygen atoms in total. The molecule has 9 heteroatoms. The quantitative estimate of drug-likeness (QED) is 0.646. The molecule has 3 rings (SSSR count). The van der Waals surface area contributed by atoms with Crippen LogP contribution < -0.4 is 26.0 Å². The number of rotatable bonds is 6. The summed E-state index contributed by atoms with van der Waals surface area (Å²) in [4.78, 5) is 42.1. The maximum absolute atomic E-state index is 12.9. The van der Waals surface area contributed by atoms with Gasteiger partial charge in [0.2, 0.25) is 0 Å². The van der Waals surface area contributed by atoms with Crippen LogP contribution in [0.5, 0.6) is 11.5 Å². The average molecular weight is 412 g/mol. The maximum atomic E-state index is 12.9. The molecule has 2 heterocycles. The molecule has 0 aliphatic carbocycles. The lowest BCUT2D eigenvalue weighted by Gasteiger charge is -2.13. The van der Waals surface area contributed by atoms with Crippen molar-refractivity contribution in [1.29, 1.82) is 0 Å². The predicted octanol–water partition coefficient (Wildman–Crippen LogP) is 0.930. The zero-order chi connectivity index (χ0) is 22.0. The van der Waals surface area contributed by atoms with E-state index in [4.69, 9.17) is 9.47 Å². The Hall–Kier alpha value is -3.62. The summed E-state index contributed by atoms with van der Waals surface area (Å²) >= 11 is 0. The zero-order valence-electron chi connectivity index (χ0n) is 17.6. The number of carbonyl (C=O) groups is 1. The fraction of sp³-hybridized carbons (Fsp3) is 0.333. The standard InChI is InChI=1S/C21H24N4O5/c1-12-10-15(17-18(23-12)24(2)21(28)25(3)20(17)27)19(26)22-9-8-13-6-7-14(29-4)11-16(13)30-5/h6-7,10-11H,8-9H2,1-5H3,(H,22,26). The van der Waals surface area contributed by atoms with Gasteiger partial charge in [-0.05, 0) is 31.0 Å². The molecule has 0 spiro atoms. The number of hydrogen-bond donors (Lipinski definition) is 1. The first-order valence-electron chi connectivity index (χ1n) is 9.35. The molecule has 0 unspecified atom stereocenters. The van der Waals surface area contributed by atoms with E-state index in [0.717, 1.165) is 10.1 Å². The lowest BCUT2D eigenvalue weighted by atomic mass is 10.1. The van der Waals surface area contributed by atoms with Crippen LogP contribution in [0.25, 0.3) is 11.0 Å². The number of ether oxygens (including phenoxy) is 2. The third-order valence-corrected chi connectivity index (χ3v) is 4.96. The number of benzene rings is 1. The Morgan fingerprint density at radius 1 is 1.10 bits per heavy atom. The van der Waals surface area contributed by atoms with Crippen LogP contribution in [0, 0.1) is 6.92 Å². The van der Waals surface area contributed by atoms with Gasteiger partial charge >= 0.3 is 5.69 Å². The van der Waals surface area contributed by atoms with Crippen molar-refractivity contribution in [1.82, 2.24) is 19.4 Å². The van der Waals surface area contributed by atoms with Crippen LogP contribution in [0.1, 0.15) is 21.6 Å². The molecule has 0 fully saturated rings. The second-order valence-corrected chi connectivity index (χ2v) is 6.90. The van der Waals surface area contributed by atoms with Gasteiger partial charge in [0.25, 0.3) is 11.5 Å². The van der Waals surface area contributed by atoms with Crippen molar-refractivity contribution in [3.8, 4) is 11.5 Å². The van der Waals surface area contributed by atoms with Gasteiger partial charge in [0.05, 0.1) is 25.2 Å². The highest BCUT2D eigenvalue weighted by Gasteiger charge is 2.19. The first-order chi connectivity index (χ1) is 14.3. The summed E-state index contributed by atoms with van der Waals surface area (Å²) in [5.41, 5.74) is 0.770. The number of amides is 1. The van der Waals surface area contributed by atoms with E-state index in [0.29, 0.717) is 30.2 Å². The number of aromatic nitrogens is 3. The van der Waals surface area contributed by atoms with E-state index in [9.17, 15) is 14.4 Å². The summed E-state index contributed by atoms with van der Waals surface area (Å²) in [7, 11) is 6.05. The zero-order valence-corrected chi connectivity index (χ0v) is 17.6. The number of pyridine rings is 1. The van der Waals surface area contributed by atoms with Gasteiger partial charge in [-0.3, -0.25) is 18.7 Å². The summed E-state index contributed by atoms with van der Waals surface area (Å²) in [5.74, 6) is 0.936. The number of carbonyl (C=O) groups excluding carboxylic acids is 1. The Bertz CT molecular complexity index is 1240. The number of aryl methyl sites for hydroxylation is 2. The van der Waals surface area contributed by atoms with Gasteiger partial charge in [-0.2, -0.15) is 0 Å². The molecule has 0 radical (unpaired) electrons. The molecular formula is C21H24N4O5. The van der Waals surface area contributed by atoms with Gasteiger partial charge in [0, 0.05) is 32.4 Å². The van der Waals surface area contributed by atoms with Crippen LogP contribution in [0.4, 0.5) is 0 Å². The van der Waals surface area contributed by atoms with Gasteiger partial charge in [0.15, 0.2) is 0 Å². The minimum absolute atomic E-state index is 0.115. The average Bonchev–Trinajstić information content (AvgIpc) is 2.75. The third-order valence-electron chi connectivity index (χ3n) is 4.96. The highest BCUT2D eigenvalue weighted by atomic mass is 16.5. The van der Waals surface area contributed by atoms with E-state index >= 15 is 0 Å². The van der Waals surface area contributed by atoms with Crippen molar-refractivity contribution in [2.24, 2.45) is 14.1 Å². The van der Waals surface area contributed by atoms with Crippen molar-refractivity contribution in [3.63, 3.8) is 0 Å². The van der Waals surface area contributed by atoms with E-state index in [2.05, 4.69) is 10.3 Å². The molecule has 0 aliphatic rings. The summed E-state index contributed by atoms with van der Waals surface area (Å²) in [6.07, 6.45) is 0.525. The molecule has 30 heavy (non-hydrogen) atoms. The first-order valence-corrected chi connectivity index (χ1v) is 9.35. The van der Waals surface area contributed by atoms with Crippen LogP contribution in [-0.2, 0) is 20.5 Å². The number of fused-ring (bicyclic) bond motifs is 1. The molecule has 1 N–H and O–H groups in total. The fourth-order valence-corrected chi connectivity index (χ4v) is 3.32. The molecule has 158 valence electrons. The smallest absolute Gasteiger partial charge is 0.332 e. The van der Waals surface area contributed by atoms with Gasteiger partial charge in [-0.25, -0.2) is 9.78 Å². The minimum atomic E-state index is -0.553. The van der Waals surface area contributed by atoms with E-state index < -0.39 is 17.2 Å². The predicted molar refractivity (Wildman–Crippen MR) is 113 cm³/mol. The number of nitrogens with zero attached hydrogens (tertiary/aromatic N) is 3. The topological polar surface area (TPSA) is 104 Å². The summed E-state index contributed by atoms with van der Waals surface area (Å²) < 4.78 is 12.8. The third kappa shape index (κ3) is 3.78. The van der Waals surface area contributed by atoms with Gasteiger partial charge < -0.3 is 14.8 Å². The van der Waals surface area contributed by atoms with Crippen molar-refractivity contribution in [2.45, 2.75) is 13.3 Å². The summed E-state index contributed by atoms with van der Waals surface area (Å²) in [6.45, 7) is 2.04. The molecule has 1 amide bonds.